The molecule has 0 amide bonds. The Hall–Kier alpha value is -1.80. The second-order valence-electron chi connectivity index (χ2n) is 5.11. The van der Waals surface area contributed by atoms with Crippen LogP contribution in [0.3, 0.4) is 0 Å². The lowest BCUT2D eigenvalue weighted by atomic mass is 10.2. The van der Waals surface area contributed by atoms with E-state index in [1.807, 2.05) is 30.3 Å². The highest BCUT2D eigenvalue weighted by Gasteiger charge is 2.00. The quantitative estimate of drug-likeness (QED) is 0.815. The molecule has 1 unspecified atom stereocenters. The standard InChI is InChI=1S/C18H23NO/c1-3-15(2)19-13-17-10-7-11-18(12-17)20-14-16-8-5-4-6-9-16/h4-12,15,19H,3,13-14H2,1-2H3. The molecule has 1 N–H and O–H groups in total. The Morgan fingerprint density at radius 2 is 1.75 bits per heavy atom. The van der Waals surface area contributed by atoms with E-state index >= 15 is 0 Å². The molecule has 0 radical (unpaired) electrons. The van der Waals surface area contributed by atoms with Gasteiger partial charge < -0.3 is 10.1 Å². The van der Waals surface area contributed by atoms with Crippen molar-refractivity contribution in [3.05, 3.63) is 65.7 Å². The topological polar surface area (TPSA) is 21.3 Å². The summed E-state index contributed by atoms with van der Waals surface area (Å²) in [6.07, 6.45) is 1.14. The number of rotatable bonds is 7. The van der Waals surface area contributed by atoms with Gasteiger partial charge in [0.25, 0.3) is 0 Å². The van der Waals surface area contributed by atoms with Crippen LogP contribution in [0.5, 0.6) is 5.75 Å². The van der Waals surface area contributed by atoms with E-state index in [-0.39, 0.29) is 0 Å². The van der Waals surface area contributed by atoms with Gasteiger partial charge in [0.2, 0.25) is 0 Å². The fraction of sp³-hybridized carbons (Fsp3) is 0.333. The highest BCUT2D eigenvalue weighted by atomic mass is 16.5. The summed E-state index contributed by atoms with van der Waals surface area (Å²) < 4.78 is 5.84. The minimum Gasteiger partial charge on any atom is -0.489 e. The molecule has 0 bridgehead atoms. The van der Waals surface area contributed by atoms with Crippen molar-refractivity contribution in [2.24, 2.45) is 0 Å². The van der Waals surface area contributed by atoms with Crippen LogP contribution in [0.15, 0.2) is 54.6 Å². The van der Waals surface area contributed by atoms with Gasteiger partial charge in [-0.3, -0.25) is 0 Å². The molecule has 0 aliphatic heterocycles. The molecule has 0 aliphatic carbocycles. The minimum absolute atomic E-state index is 0.545. The predicted octanol–water partition coefficient (Wildman–Crippen LogP) is 4.15. The van der Waals surface area contributed by atoms with E-state index in [2.05, 4.69) is 43.4 Å². The lowest BCUT2D eigenvalue weighted by molar-refractivity contribution is 0.306. The monoisotopic (exact) mass is 269 g/mol. The van der Waals surface area contributed by atoms with E-state index in [0.717, 1.165) is 18.7 Å². The van der Waals surface area contributed by atoms with Crippen molar-refractivity contribution in [2.75, 3.05) is 0 Å². The van der Waals surface area contributed by atoms with E-state index < -0.39 is 0 Å². The van der Waals surface area contributed by atoms with Gasteiger partial charge in [0.1, 0.15) is 12.4 Å². The molecule has 0 heterocycles. The maximum Gasteiger partial charge on any atom is 0.120 e. The van der Waals surface area contributed by atoms with E-state index in [4.69, 9.17) is 4.74 Å². The maximum atomic E-state index is 5.84. The SMILES string of the molecule is CCC(C)NCc1cccc(OCc2ccccc2)c1. The second-order valence-corrected chi connectivity index (χ2v) is 5.11. The van der Waals surface area contributed by atoms with Gasteiger partial charge in [-0.15, -0.1) is 0 Å². The number of hydrogen-bond acceptors (Lipinski definition) is 2. The van der Waals surface area contributed by atoms with Crippen LogP contribution < -0.4 is 10.1 Å². The predicted molar refractivity (Wildman–Crippen MR) is 83.8 cm³/mol. The first-order valence-corrected chi connectivity index (χ1v) is 7.27. The van der Waals surface area contributed by atoms with Crippen molar-refractivity contribution < 1.29 is 4.74 Å². The van der Waals surface area contributed by atoms with Crippen molar-refractivity contribution >= 4 is 0 Å². The third-order valence-electron chi connectivity index (χ3n) is 3.41. The molecule has 0 saturated heterocycles. The number of ether oxygens (including phenoxy) is 1. The first kappa shape index (κ1) is 14.6. The van der Waals surface area contributed by atoms with Crippen LogP contribution in [0.4, 0.5) is 0 Å². The fourth-order valence-electron chi connectivity index (χ4n) is 1.92. The van der Waals surface area contributed by atoms with Gasteiger partial charge in [0.15, 0.2) is 0 Å². The summed E-state index contributed by atoms with van der Waals surface area (Å²) in [5, 5.41) is 3.49. The Kier molecular flexibility index (Phi) is 5.63. The smallest absolute Gasteiger partial charge is 0.120 e. The molecule has 2 nitrogen and oxygen atoms in total. The molecule has 0 fully saturated rings. The number of hydrogen-bond donors (Lipinski definition) is 1. The summed E-state index contributed by atoms with van der Waals surface area (Å²) in [6, 6.07) is 19.1. The minimum atomic E-state index is 0.545. The summed E-state index contributed by atoms with van der Waals surface area (Å²) in [7, 11) is 0. The van der Waals surface area contributed by atoms with Crippen LogP contribution in [-0.4, -0.2) is 6.04 Å². The number of benzene rings is 2. The van der Waals surface area contributed by atoms with Crippen molar-refractivity contribution in [1.82, 2.24) is 5.32 Å². The Morgan fingerprint density at radius 1 is 1.00 bits per heavy atom. The molecule has 2 rings (SSSR count). The summed E-state index contributed by atoms with van der Waals surface area (Å²) in [5.41, 5.74) is 2.45. The van der Waals surface area contributed by atoms with Crippen molar-refractivity contribution in [1.29, 1.82) is 0 Å². The largest absolute Gasteiger partial charge is 0.489 e. The van der Waals surface area contributed by atoms with Crippen LogP contribution in [0.25, 0.3) is 0 Å². The molecule has 0 aromatic heterocycles. The van der Waals surface area contributed by atoms with E-state index in [9.17, 15) is 0 Å². The first-order chi connectivity index (χ1) is 9.78. The molecule has 2 heteroatoms. The average Bonchev–Trinajstić information content (AvgIpc) is 2.52. The van der Waals surface area contributed by atoms with Gasteiger partial charge in [-0.25, -0.2) is 0 Å². The van der Waals surface area contributed by atoms with Crippen LogP contribution in [0.2, 0.25) is 0 Å². The van der Waals surface area contributed by atoms with Gasteiger partial charge in [-0.05, 0) is 36.6 Å². The normalized spacial score (nSPS) is 12.1. The third-order valence-corrected chi connectivity index (χ3v) is 3.41. The lowest BCUT2D eigenvalue weighted by Crippen LogP contribution is -2.24. The average molecular weight is 269 g/mol. The molecule has 2 aromatic carbocycles. The summed E-state index contributed by atoms with van der Waals surface area (Å²) >= 11 is 0. The van der Waals surface area contributed by atoms with Gasteiger partial charge in [-0.2, -0.15) is 0 Å². The Labute approximate surface area is 121 Å². The van der Waals surface area contributed by atoms with E-state index in [1.165, 1.54) is 11.1 Å². The molecular formula is C18H23NO. The molecule has 0 aliphatic rings. The molecule has 20 heavy (non-hydrogen) atoms. The molecule has 0 spiro atoms. The van der Waals surface area contributed by atoms with Crippen molar-refractivity contribution in [3.8, 4) is 5.75 Å². The Morgan fingerprint density at radius 3 is 2.50 bits per heavy atom. The second kappa shape index (κ2) is 7.71. The zero-order valence-corrected chi connectivity index (χ0v) is 12.3. The zero-order chi connectivity index (χ0) is 14.2. The van der Waals surface area contributed by atoms with Gasteiger partial charge >= 0.3 is 0 Å². The van der Waals surface area contributed by atoms with Crippen molar-refractivity contribution in [2.45, 2.75) is 39.5 Å². The van der Waals surface area contributed by atoms with Crippen LogP contribution in [0, 0.1) is 0 Å². The molecule has 106 valence electrons. The molecular weight excluding hydrogens is 246 g/mol. The lowest BCUT2D eigenvalue weighted by Gasteiger charge is -2.12. The Bertz CT molecular complexity index is 510. The summed E-state index contributed by atoms with van der Waals surface area (Å²) in [4.78, 5) is 0. The highest BCUT2D eigenvalue weighted by molar-refractivity contribution is 5.29. The highest BCUT2D eigenvalue weighted by Crippen LogP contribution is 2.15. The van der Waals surface area contributed by atoms with E-state index in [0.29, 0.717) is 12.6 Å². The first-order valence-electron chi connectivity index (χ1n) is 7.27. The Balaban J connectivity index is 1.89. The van der Waals surface area contributed by atoms with Crippen LogP contribution in [0.1, 0.15) is 31.4 Å². The number of nitrogens with one attached hydrogen (secondary N) is 1. The van der Waals surface area contributed by atoms with Crippen LogP contribution in [-0.2, 0) is 13.2 Å². The molecule has 0 saturated carbocycles. The summed E-state index contributed by atoms with van der Waals surface area (Å²) in [5.74, 6) is 0.928. The van der Waals surface area contributed by atoms with Gasteiger partial charge in [0.05, 0.1) is 0 Å². The van der Waals surface area contributed by atoms with Gasteiger partial charge in [0, 0.05) is 12.6 Å². The van der Waals surface area contributed by atoms with Crippen LogP contribution >= 0.6 is 0 Å². The third kappa shape index (κ3) is 4.71. The fourth-order valence-corrected chi connectivity index (χ4v) is 1.92. The van der Waals surface area contributed by atoms with Crippen molar-refractivity contribution in [3.63, 3.8) is 0 Å². The zero-order valence-electron chi connectivity index (χ0n) is 12.3. The molecule has 2 aromatic rings. The molecule has 1 atom stereocenters. The summed E-state index contributed by atoms with van der Waals surface area (Å²) in [6.45, 7) is 5.90. The maximum absolute atomic E-state index is 5.84. The van der Waals surface area contributed by atoms with E-state index in [1.54, 1.807) is 0 Å². The van der Waals surface area contributed by atoms with Gasteiger partial charge in [-0.1, -0.05) is 49.4 Å².